The Morgan fingerprint density at radius 3 is 2.78 bits per heavy atom. The fraction of sp³-hybridized carbons (Fsp3) is 0.316. The average Bonchev–Trinajstić information content (AvgIpc) is 3.05. The molecule has 138 valence electrons. The van der Waals surface area contributed by atoms with Crippen molar-refractivity contribution in [1.82, 2.24) is 9.55 Å². The summed E-state index contributed by atoms with van der Waals surface area (Å²) in [4.78, 5) is 31.4. The van der Waals surface area contributed by atoms with Gasteiger partial charge in [0.2, 0.25) is 0 Å². The molecular formula is C19H16N2O4S2. The second-order valence-corrected chi connectivity index (χ2v) is 8.14. The highest BCUT2D eigenvalue weighted by Gasteiger charge is 2.23. The number of nitrogens with one attached hydrogen (secondary N) is 1. The average molecular weight is 400 g/mol. The fourth-order valence-electron chi connectivity index (χ4n) is 3.73. The van der Waals surface area contributed by atoms with E-state index in [1.165, 1.54) is 4.88 Å². The fourth-order valence-corrected chi connectivity index (χ4v) is 5.34. The van der Waals surface area contributed by atoms with Crippen LogP contribution in [0.4, 0.5) is 0 Å². The van der Waals surface area contributed by atoms with Gasteiger partial charge in [0.05, 0.1) is 5.39 Å². The smallest absolute Gasteiger partial charge is 0.270 e. The highest BCUT2D eigenvalue weighted by atomic mass is 32.1. The van der Waals surface area contributed by atoms with Gasteiger partial charge >= 0.3 is 0 Å². The molecule has 2 aromatic heterocycles. The second kappa shape index (κ2) is 6.31. The lowest BCUT2D eigenvalue weighted by Gasteiger charge is -2.18. The van der Waals surface area contributed by atoms with Crippen molar-refractivity contribution in [3.05, 3.63) is 49.3 Å². The van der Waals surface area contributed by atoms with Crippen LogP contribution in [0.2, 0.25) is 0 Å². The van der Waals surface area contributed by atoms with Crippen molar-refractivity contribution in [3.8, 4) is 11.5 Å². The van der Waals surface area contributed by atoms with Gasteiger partial charge in [-0.1, -0.05) is 0 Å². The van der Waals surface area contributed by atoms with E-state index in [0.29, 0.717) is 35.7 Å². The number of aromatic nitrogens is 2. The number of benzene rings is 1. The number of thiophene rings is 1. The molecule has 1 aliphatic heterocycles. The number of H-pyrrole nitrogens is 1. The van der Waals surface area contributed by atoms with Crippen molar-refractivity contribution >= 4 is 39.7 Å². The first kappa shape index (κ1) is 16.7. The Kier molecular flexibility index (Phi) is 3.91. The van der Waals surface area contributed by atoms with Gasteiger partial charge in [-0.05, 0) is 61.7 Å². The number of carbonyl (C=O) groups excluding carboxylic acids is 1. The molecule has 0 fully saturated rings. The standard InChI is InChI=1S/C19H16N2O4S2/c22-17(10-5-6-12-13(9-10)25-8-7-24-12)21-18(23)15-11-3-1-2-4-14(11)27-16(15)20-19(21)26/h5-6,9H,1-4,7-8H2,(H,20,26). The molecule has 0 atom stereocenters. The molecule has 0 unspecified atom stereocenters. The van der Waals surface area contributed by atoms with E-state index >= 15 is 0 Å². The van der Waals surface area contributed by atoms with Crippen LogP contribution >= 0.6 is 23.6 Å². The van der Waals surface area contributed by atoms with Crippen LogP contribution in [0.1, 0.15) is 33.6 Å². The summed E-state index contributed by atoms with van der Waals surface area (Å²) in [6, 6.07) is 4.92. The SMILES string of the molecule is O=C(c1ccc2c(c1)OCCO2)n1c(=S)[nH]c2sc3c(c2c1=O)CCCC3. The molecular weight excluding hydrogens is 384 g/mol. The van der Waals surface area contributed by atoms with Gasteiger partial charge in [-0.25, -0.2) is 4.57 Å². The summed E-state index contributed by atoms with van der Waals surface area (Å²) in [5.41, 5.74) is 1.07. The predicted octanol–water partition coefficient (Wildman–Crippen LogP) is 3.46. The summed E-state index contributed by atoms with van der Waals surface area (Å²) in [7, 11) is 0. The third-order valence-electron chi connectivity index (χ3n) is 5.00. The van der Waals surface area contributed by atoms with Crippen LogP contribution in [-0.4, -0.2) is 28.7 Å². The van der Waals surface area contributed by atoms with Gasteiger partial charge < -0.3 is 14.5 Å². The largest absolute Gasteiger partial charge is 0.486 e. The Balaban J connectivity index is 1.67. The Morgan fingerprint density at radius 2 is 1.93 bits per heavy atom. The van der Waals surface area contributed by atoms with E-state index in [2.05, 4.69) is 4.98 Å². The van der Waals surface area contributed by atoms with Gasteiger partial charge in [-0.15, -0.1) is 11.3 Å². The minimum atomic E-state index is -0.462. The number of nitrogens with zero attached hydrogens (tertiary/aromatic N) is 1. The summed E-state index contributed by atoms with van der Waals surface area (Å²) in [6.07, 6.45) is 4.03. The highest BCUT2D eigenvalue weighted by Crippen LogP contribution is 2.34. The van der Waals surface area contributed by atoms with E-state index in [1.54, 1.807) is 29.5 Å². The van der Waals surface area contributed by atoms with Gasteiger partial charge in [-0.3, -0.25) is 9.59 Å². The van der Waals surface area contributed by atoms with Gasteiger partial charge in [0.25, 0.3) is 11.5 Å². The summed E-state index contributed by atoms with van der Waals surface area (Å²) < 4.78 is 12.2. The minimum absolute atomic E-state index is 0.117. The highest BCUT2D eigenvalue weighted by molar-refractivity contribution is 7.71. The number of carbonyl (C=O) groups is 1. The molecule has 1 N–H and O–H groups in total. The quantitative estimate of drug-likeness (QED) is 0.634. The van der Waals surface area contributed by atoms with Crippen molar-refractivity contribution in [2.24, 2.45) is 0 Å². The molecule has 0 spiro atoms. The maximum atomic E-state index is 13.2. The Hall–Kier alpha value is -2.45. The third kappa shape index (κ3) is 2.62. The molecule has 6 nitrogen and oxygen atoms in total. The summed E-state index contributed by atoms with van der Waals surface area (Å²) in [6.45, 7) is 0.905. The maximum absolute atomic E-state index is 13.2. The number of hydrogen-bond donors (Lipinski definition) is 1. The van der Waals surface area contributed by atoms with E-state index in [-0.39, 0.29) is 10.3 Å². The lowest BCUT2D eigenvalue weighted by molar-refractivity contribution is 0.0952. The van der Waals surface area contributed by atoms with E-state index in [9.17, 15) is 9.59 Å². The van der Waals surface area contributed by atoms with Crippen molar-refractivity contribution < 1.29 is 14.3 Å². The lowest BCUT2D eigenvalue weighted by Crippen LogP contribution is -2.29. The van der Waals surface area contributed by atoms with Crippen LogP contribution in [0.3, 0.4) is 0 Å². The van der Waals surface area contributed by atoms with E-state index < -0.39 is 5.91 Å². The van der Waals surface area contributed by atoms with Crippen molar-refractivity contribution in [2.75, 3.05) is 13.2 Å². The zero-order valence-electron chi connectivity index (χ0n) is 14.4. The van der Waals surface area contributed by atoms with E-state index in [1.807, 2.05) is 0 Å². The number of rotatable bonds is 1. The topological polar surface area (TPSA) is 73.3 Å². The summed E-state index contributed by atoms with van der Waals surface area (Å²) in [5, 5.41) is 0.606. The Morgan fingerprint density at radius 1 is 1.15 bits per heavy atom. The molecule has 0 amide bonds. The molecule has 1 aromatic carbocycles. The van der Waals surface area contributed by atoms with Gasteiger partial charge in [0, 0.05) is 10.4 Å². The lowest BCUT2D eigenvalue weighted by atomic mass is 9.97. The van der Waals surface area contributed by atoms with Crippen molar-refractivity contribution in [2.45, 2.75) is 25.7 Å². The first-order valence-electron chi connectivity index (χ1n) is 8.87. The van der Waals surface area contributed by atoms with Crippen LogP contribution in [0.25, 0.3) is 10.2 Å². The predicted molar refractivity (Wildman–Crippen MR) is 105 cm³/mol. The molecule has 2 aliphatic rings. The van der Waals surface area contributed by atoms with Gasteiger partial charge in [0.1, 0.15) is 18.0 Å². The maximum Gasteiger partial charge on any atom is 0.270 e. The zero-order chi connectivity index (χ0) is 18.5. The molecule has 0 saturated heterocycles. The van der Waals surface area contributed by atoms with Crippen LogP contribution in [0.5, 0.6) is 11.5 Å². The minimum Gasteiger partial charge on any atom is -0.486 e. The second-order valence-electron chi connectivity index (χ2n) is 6.65. The van der Waals surface area contributed by atoms with Crippen LogP contribution in [0, 0.1) is 4.77 Å². The molecule has 0 radical (unpaired) electrons. The summed E-state index contributed by atoms with van der Waals surface area (Å²) in [5.74, 6) is 0.637. The molecule has 0 saturated carbocycles. The first-order chi connectivity index (χ1) is 13.1. The van der Waals surface area contributed by atoms with Crippen LogP contribution in [-0.2, 0) is 12.8 Å². The number of aromatic amines is 1. The number of fused-ring (bicyclic) bond motifs is 4. The number of ether oxygens (including phenoxy) is 2. The van der Waals surface area contributed by atoms with Crippen LogP contribution in [0.15, 0.2) is 23.0 Å². The molecule has 1 aliphatic carbocycles. The van der Waals surface area contributed by atoms with Crippen molar-refractivity contribution in [3.63, 3.8) is 0 Å². The number of hydrogen-bond acceptors (Lipinski definition) is 6. The molecule has 3 aromatic rings. The Labute approximate surface area is 163 Å². The molecule has 0 bridgehead atoms. The van der Waals surface area contributed by atoms with E-state index in [0.717, 1.165) is 40.6 Å². The molecule has 3 heterocycles. The monoisotopic (exact) mass is 400 g/mol. The van der Waals surface area contributed by atoms with Crippen molar-refractivity contribution in [1.29, 1.82) is 0 Å². The number of aryl methyl sites for hydroxylation is 2. The van der Waals surface area contributed by atoms with Gasteiger partial charge in [-0.2, -0.15) is 0 Å². The first-order valence-corrected chi connectivity index (χ1v) is 10.1. The molecule has 27 heavy (non-hydrogen) atoms. The normalized spacial score (nSPS) is 15.6. The Bertz CT molecular complexity index is 1200. The van der Waals surface area contributed by atoms with Gasteiger partial charge in [0.15, 0.2) is 16.3 Å². The van der Waals surface area contributed by atoms with Crippen LogP contribution < -0.4 is 15.0 Å². The zero-order valence-corrected chi connectivity index (χ0v) is 16.0. The molecule has 5 rings (SSSR count). The third-order valence-corrected chi connectivity index (χ3v) is 6.50. The summed E-state index contributed by atoms with van der Waals surface area (Å²) >= 11 is 6.92. The van der Waals surface area contributed by atoms with E-state index in [4.69, 9.17) is 21.7 Å². The molecule has 8 heteroatoms.